The molecule has 0 aliphatic rings. The van der Waals surface area contributed by atoms with Crippen molar-refractivity contribution in [2.24, 2.45) is 10.1 Å². The fourth-order valence-corrected chi connectivity index (χ4v) is 0.607. The first-order valence-corrected chi connectivity index (χ1v) is 2.87. The summed E-state index contributed by atoms with van der Waals surface area (Å²) in [6, 6.07) is 0. The van der Waals surface area contributed by atoms with Crippen LogP contribution in [0.2, 0.25) is 0 Å². The fourth-order valence-electron chi connectivity index (χ4n) is 0.607. The third kappa shape index (κ3) is 1.10. The Bertz CT molecular complexity index is 248. The molecule has 0 aliphatic heterocycles. The summed E-state index contributed by atoms with van der Waals surface area (Å²) in [6.45, 7) is 5.17. The van der Waals surface area contributed by atoms with Crippen molar-refractivity contribution < 1.29 is 0 Å². The van der Waals surface area contributed by atoms with Crippen molar-refractivity contribution in [1.82, 2.24) is 9.66 Å². The van der Waals surface area contributed by atoms with Crippen LogP contribution in [0, 0.1) is 0 Å². The quantitative estimate of drug-likeness (QED) is 0.561. The summed E-state index contributed by atoms with van der Waals surface area (Å²) in [5, 5.41) is 3.64. The van der Waals surface area contributed by atoms with Gasteiger partial charge in [0, 0.05) is 19.1 Å². The number of hydrogen-bond donors (Lipinski definition) is 0. The maximum atomic E-state index is 3.93. The molecule has 0 aliphatic carbocycles. The van der Waals surface area contributed by atoms with Crippen molar-refractivity contribution in [2.75, 3.05) is 0 Å². The summed E-state index contributed by atoms with van der Waals surface area (Å²) in [4.78, 5) is 7.84. The van der Waals surface area contributed by atoms with E-state index in [9.17, 15) is 0 Å². The molecule has 0 atom stereocenters. The summed E-state index contributed by atoms with van der Waals surface area (Å²) in [6.07, 6.45) is 4.97. The second-order valence-corrected chi connectivity index (χ2v) is 1.60. The number of nitrogens with zero attached hydrogens (tertiary/aromatic N) is 4. The van der Waals surface area contributed by atoms with Gasteiger partial charge in [-0.25, -0.2) is 14.7 Å². The highest BCUT2D eigenvalue weighted by Crippen LogP contribution is 2.05. The summed E-state index contributed by atoms with van der Waals surface area (Å²) < 4.78 is 1.50. The molecule has 0 unspecified atom stereocenters. The van der Waals surface area contributed by atoms with Crippen molar-refractivity contribution in [3.8, 4) is 0 Å². The van der Waals surface area contributed by atoms with Crippen LogP contribution in [-0.2, 0) is 0 Å². The zero-order valence-corrected chi connectivity index (χ0v) is 5.73. The smallest absolute Gasteiger partial charge is 0.224 e. The van der Waals surface area contributed by atoms with Crippen molar-refractivity contribution in [3.05, 3.63) is 12.4 Å². The van der Waals surface area contributed by atoms with Gasteiger partial charge >= 0.3 is 0 Å². The van der Waals surface area contributed by atoms with Crippen LogP contribution in [0.4, 0.5) is 5.95 Å². The minimum absolute atomic E-state index is 0.553. The van der Waals surface area contributed by atoms with E-state index in [-0.39, 0.29) is 0 Å². The van der Waals surface area contributed by atoms with Crippen molar-refractivity contribution in [1.29, 1.82) is 0 Å². The van der Waals surface area contributed by atoms with Crippen LogP contribution in [0.3, 0.4) is 0 Å². The number of rotatable bonds is 2. The molecule has 0 bridgehead atoms. The predicted octanol–water partition coefficient (Wildman–Crippen LogP) is 1.07. The zero-order valence-electron chi connectivity index (χ0n) is 5.73. The minimum Gasteiger partial charge on any atom is -0.224 e. The predicted molar refractivity (Wildman–Crippen MR) is 41.0 cm³/mol. The Kier molecular flexibility index (Phi) is 1.94. The van der Waals surface area contributed by atoms with E-state index in [1.807, 2.05) is 6.92 Å². The van der Waals surface area contributed by atoms with Crippen LogP contribution in [0.25, 0.3) is 0 Å². The SMILES string of the molecule is C=Nn1ccnc1/N=C\C. The van der Waals surface area contributed by atoms with Gasteiger partial charge in [-0.2, -0.15) is 5.10 Å². The molecule has 0 radical (unpaired) electrons. The lowest BCUT2D eigenvalue weighted by molar-refractivity contribution is 0.886. The Morgan fingerprint density at radius 1 is 1.80 bits per heavy atom. The largest absolute Gasteiger partial charge is 0.250 e. The highest BCUT2D eigenvalue weighted by Gasteiger charge is 1.93. The van der Waals surface area contributed by atoms with E-state index in [0.717, 1.165) is 0 Å². The van der Waals surface area contributed by atoms with Gasteiger partial charge in [-0.05, 0) is 6.92 Å². The Morgan fingerprint density at radius 2 is 2.60 bits per heavy atom. The van der Waals surface area contributed by atoms with Crippen LogP contribution >= 0.6 is 0 Å². The first kappa shape index (κ1) is 6.67. The molecule has 0 aromatic carbocycles. The Labute approximate surface area is 58.9 Å². The maximum Gasteiger partial charge on any atom is 0.250 e. The third-order valence-corrected chi connectivity index (χ3v) is 1.000. The zero-order chi connectivity index (χ0) is 7.40. The van der Waals surface area contributed by atoms with E-state index in [0.29, 0.717) is 5.95 Å². The number of aromatic nitrogens is 2. The summed E-state index contributed by atoms with van der Waals surface area (Å²) in [7, 11) is 0. The fraction of sp³-hybridized carbons (Fsp3) is 0.167. The summed E-state index contributed by atoms with van der Waals surface area (Å²) in [5.74, 6) is 0.553. The van der Waals surface area contributed by atoms with E-state index >= 15 is 0 Å². The topological polar surface area (TPSA) is 42.5 Å². The molecule has 0 saturated heterocycles. The highest BCUT2D eigenvalue weighted by molar-refractivity contribution is 5.57. The van der Waals surface area contributed by atoms with E-state index < -0.39 is 0 Å². The molecule has 0 fully saturated rings. The van der Waals surface area contributed by atoms with Gasteiger partial charge in [0.25, 0.3) is 0 Å². The molecule has 4 nitrogen and oxygen atoms in total. The van der Waals surface area contributed by atoms with Gasteiger partial charge in [-0.3, -0.25) is 0 Å². The molecular weight excluding hydrogens is 128 g/mol. The Balaban J connectivity index is 3.00. The average molecular weight is 136 g/mol. The van der Waals surface area contributed by atoms with Gasteiger partial charge in [0.15, 0.2) is 0 Å². The van der Waals surface area contributed by atoms with Crippen LogP contribution in [-0.4, -0.2) is 22.6 Å². The molecule has 52 valence electrons. The molecule has 1 aromatic rings. The monoisotopic (exact) mass is 136 g/mol. The molecule has 1 aromatic heterocycles. The third-order valence-electron chi connectivity index (χ3n) is 1.000. The van der Waals surface area contributed by atoms with E-state index in [2.05, 4.69) is 21.8 Å². The molecule has 1 heterocycles. The van der Waals surface area contributed by atoms with E-state index in [1.165, 1.54) is 4.68 Å². The first-order valence-electron chi connectivity index (χ1n) is 2.87. The summed E-state index contributed by atoms with van der Waals surface area (Å²) in [5.41, 5.74) is 0. The standard InChI is InChI=1S/C6H8N4/c1-3-8-6-9-4-5-10(6)7-2/h3-5H,2H2,1H3/b8-3-. The van der Waals surface area contributed by atoms with E-state index in [4.69, 9.17) is 0 Å². The van der Waals surface area contributed by atoms with E-state index in [1.54, 1.807) is 18.6 Å². The average Bonchev–Trinajstić information content (AvgIpc) is 2.36. The van der Waals surface area contributed by atoms with Crippen LogP contribution in [0.15, 0.2) is 22.5 Å². The Hall–Kier alpha value is -1.45. The van der Waals surface area contributed by atoms with Gasteiger partial charge < -0.3 is 0 Å². The number of hydrogen-bond acceptors (Lipinski definition) is 3. The van der Waals surface area contributed by atoms with Crippen molar-refractivity contribution in [3.63, 3.8) is 0 Å². The normalized spacial score (nSPS) is 10.5. The molecule has 0 saturated carbocycles. The first-order chi connectivity index (χ1) is 4.88. The van der Waals surface area contributed by atoms with Gasteiger partial charge in [0.1, 0.15) is 0 Å². The molecule has 0 spiro atoms. The maximum absolute atomic E-state index is 3.93. The number of aliphatic imine (C=N–C) groups is 1. The molecule has 0 N–H and O–H groups in total. The van der Waals surface area contributed by atoms with Crippen LogP contribution in [0.5, 0.6) is 0 Å². The number of imidazole rings is 1. The van der Waals surface area contributed by atoms with Gasteiger partial charge in [-0.1, -0.05) is 0 Å². The van der Waals surface area contributed by atoms with Crippen LogP contribution < -0.4 is 0 Å². The molecule has 10 heavy (non-hydrogen) atoms. The van der Waals surface area contributed by atoms with Gasteiger partial charge in [0.05, 0.1) is 6.20 Å². The van der Waals surface area contributed by atoms with Gasteiger partial charge in [0.2, 0.25) is 5.95 Å². The van der Waals surface area contributed by atoms with Crippen molar-refractivity contribution >= 4 is 18.9 Å². The summed E-state index contributed by atoms with van der Waals surface area (Å²) >= 11 is 0. The molecule has 0 amide bonds. The second kappa shape index (κ2) is 2.91. The Morgan fingerprint density at radius 3 is 3.20 bits per heavy atom. The molecular formula is C6H8N4. The van der Waals surface area contributed by atoms with Crippen molar-refractivity contribution in [2.45, 2.75) is 6.92 Å². The molecule has 4 heteroatoms. The lowest BCUT2D eigenvalue weighted by Crippen LogP contribution is -1.82. The second-order valence-electron chi connectivity index (χ2n) is 1.60. The highest BCUT2D eigenvalue weighted by atomic mass is 15.4. The van der Waals surface area contributed by atoms with Gasteiger partial charge in [-0.15, -0.1) is 0 Å². The van der Waals surface area contributed by atoms with Crippen LogP contribution in [0.1, 0.15) is 6.92 Å². The molecule has 1 rings (SSSR count). The lowest BCUT2D eigenvalue weighted by Gasteiger charge is -1.90. The minimum atomic E-state index is 0.553. The lowest BCUT2D eigenvalue weighted by atomic mass is 10.8.